The van der Waals surface area contributed by atoms with E-state index >= 15 is 0 Å². The molecule has 1 unspecified atom stereocenters. The fourth-order valence-electron chi connectivity index (χ4n) is 1.57. The zero-order chi connectivity index (χ0) is 15.0. The van der Waals surface area contributed by atoms with Crippen molar-refractivity contribution in [2.24, 2.45) is 5.92 Å². The van der Waals surface area contributed by atoms with Gasteiger partial charge in [0.05, 0.1) is 0 Å². The summed E-state index contributed by atoms with van der Waals surface area (Å²) in [5.74, 6) is 0.0678. The SMILES string of the molecule is CC(C)CNC(=O)CCNC(=O)C(Cl)c1ccccc1. The van der Waals surface area contributed by atoms with Crippen LogP contribution in [0.4, 0.5) is 0 Å². The summed E-state index contributed by atoms with van der Waals surface area (Å²) in [6.07, 6.45) is 0.261. The van der Waals surface area contributed by atoms with E-state index in [0.717, 1.165) is 5.56 Å². The Hall–Kier alpha value is -1.55. The van der Waals surface area contributed by atoms with Crippen molar-refractivity contribution in [1.82, 2.24) is 10.6 Å². The average molecular weight is 297 g/mol. The first-order valence-electron chi connectivity index (χ1n) is 6.74. The predicted octanol–water partition coefficient (Wildman–Crippen LogP) is 2.25. The van der Waals surface area contributed by atoms with Crippen LogP contribution in [0.3, 0.4) is 0 Å². The van der Waals surface area contributed by atoms with Crippen molar-refractivity contribution < 1.29 is 9.59 Å². The summed E-state index contributed by atoms with van der Waals surface area (Å²) < 4.78 is 0. The number of rotatable bonds is 7. The van der Waals surface area contributed by atoms with Gasteiger partial charge in [-0.3, -0.25) is 9.59 Å². The molecule has 2 N–H and O–H groups in total. The number of carbonyl (C=O) groups is 2. The lowest BCUT2D eigenvalue weighted by Gasteiger charge is -2.11. The zero-order valence-corrected chi connectivity index (χ0v) is 12.6. The molecule has 0 aliphatic carbocycles. The Morgan fingerprint density at radius 2 is 1.80 bits per heavy atom. The highest BCUT2D eigenvalue weighted by Crippen LogP contribution is 2.19. The van der Waals surface area contributed by atoms with E-state index in [4.69, 9.17) is 11.6 Å². The Morgan fingerprint density at radius 1 is 1.15 bits per heavy atom. The van der Waals surface area contributed by atoms with Gasteiger partial charge in [-0.05, 0) is 11.5 Å². The van der Waals surface area contributed by atoms with Crippen LogP contribution in [0.1, 0.15) is 31.2 Å². The largest absolute Gasteiger partial charge is 0.356 e. The van der Waals surface area contributed by atoms with E-state index in [2.05, 4.69) is 10.6 Å². The highest BCUT2D eigenvalue weighted by atomic mass is 35.5. The third-order valence-electron chi connectivity index (χ3n) is 2.68. The average Bonchev–Trinajstić information content (AvgIpc) is 2.45. The second-order valence-corrected chi connectivity index (χ2v) is 5.45. The maximum atomic E-state index is 11.8. The van der Waals surface area contributed by atoms with Crippen LogP contribution in [-0.4, -0.2) is 24.9 Å². The van der Waals surface area contributed by atoms with Gasteiger partial charge in [-0.2, -0.15) is 0 Å². The topological polar surface area (TPSA) is 58.2 Å². The van der Waals surface area contributed by atoms with E-state index in [1.54, 1.807) is 12.1 Å². The van der Waals surface area contributed by atoms with Crippen molar-refractivity contribution in [3.05, 3.63) is 35.9 Å². The number of alkyl halides is 1. The summed E-state index contributed by atoms with van der Waals surface area (Å²) >= 11 is 6.06. The standard InChI is InChI=1S/C15H21ClN2O2/c1-11(2)10-18-13(19)8-9-17-15(20)14(16)12-6-4-3-5-7-12/h3-7,11,14H,8-10H2,1-2H3,(H,17,20)(H,18,19). The smallest absolute Gasteiger partial charge is 0.242 e. The Kier molecular flexibility index (Phi) is 7.09. The Balaban J connectivity index is 2.28. The number of benzene rings is 1. The molecular formula is C15H21ClN2O2. The van der Waals surface area contributed by atoms with E-state index < -0.39 is 5.38 Å². The quantitative estimate of drug-likeness (QED) is 0.758. The van der Waals surface area contributed by atoms with E-state index in [1.165, 1.54) is 0 Å². The van der Waals surface area contributed by atoms with Gasteiger partial charge in [-0.25, -0.2) is 0 Å². The van der Waals surface area contributed by atoms with Gasteiger partial charge >= 0.3 is 0 Å². The van der Waals surface area contributed by atoms with Crippen molar-refractivity contribution in [2.45, 2.75) is 25.6 Å². The first-order chi connectivity index (χ1) is 9.50. The Morgan fingerprint density at radius 3 is 2.40 bits per heavy atom. The minimum absolute atomic E-state index is 0.0650. The molecule has 0 heterocycles. The van der Waals surface area contributed by atoms with Crippen LogP contribution in [0.25, 0.3) is 0 Å². The van der Waals surface area contributed by atoms with Crippen LogP contribution in [0, 0.1) is 5.92 Å². The summed E-state index contributed by atoms with van der Waals surface area (Å²) in [5.41, 5.74) is 0.746. The molecule has 4 nitrogen and oxygen atoms in total. The number of halogens is 1. The molecule has 0 aliphatic rings. The first kappa shape index (κ1) is 16.5. The molecule has 1 atom stereocenters. The fourth-order valence-corrected chi connectivity index (χ4v) is 1.79. The molecule has 0 spiro atoms. The normalized spacial score (nSPS) is 12.0. The summed E-state index contributed by atoms with van der Waals surface area (Å²) in [6, 6.07) is 9.12. The molecule has 5 heteroatoms. The second kappa shape index (κ2) is 8.59. The molecule has 20 heavy (non-hydrogen) atoms. The van der Waals surface area contributed by atoms with E-state index in [1.807, 2.05) is 32.0 Å². The van der Waals surface area contributed by atoms with Crippen LogP contribution >= 0.6 is 11.6 Å². The van der Waals surface area contributed by atoms with Gasteiger partial charge in [0.2, 0.25) is 11.8 Å². The molecule has 0 fully saturated rings. The van der Waals surface area contributed by atoms with E-state index in [-0.39, 0.29) is 18.2 Å². The molecule has 1 aromatic rings. The second-order valence-electron chi connectivity index (χ2n) is 5.01. The van der Waals surface area contributed by atoms with Crippen molar-refractivity contribution in [3.63, 3.8) is 0 Å². The molecule has 0 saturated heterocycles. The molecule has 0 aromatic heterocycles. The van der Waals surface area contributed by atoms with E-state index in [0.29, 0.717) is 19.0 Å². The molecule has 0 saturated carbocycles. The Bertz CT molecular complexity index is 435. The van der Waals surface area contributed by atoms with E-state index in [9.17, 15) is 9.59 Å². The summed E-state index contributed by atoms with van der Waals surface area (Å²) in [7, 11) is 0. The number of carbonyl (C=O) groups excluding carboxylic acids is 2. The Labute approximate surface area is 124 Å². The third kappa shape index (κ3) is 6.06. The lowest BCUT2D eigenvalue weighted by molar-refractivity contribution is -0.122. The molecule has 1 rings (SSSR count). The summed E-state index contributed by atoms with van der Waals surface area (Å²) in [6.45, 7) is 4.99. The van der Waals surface area contributed by atoms with Gasteiger partial charge < -0.3 is 10.6 Å². The molecule has 1 aromatic carbocycles. The highest BCUT2D eigenvalue weighted by molar-refractivity contribution is 6.30. The molecule has 0 aliphatic heterocycles. The van der Waals surface area contributed by atoms with Crippen LogP contribution < -0.4 is 10.6 Å². The van der Waals surface area contributed by atoms with Crippen LogP contribution in [0.5, 0.6) is 0 Å². The van der Waals surface area contributed by atoms with Gasteiger partial charge in [-0.15, -0.1) is 11.6 Å². The van der Waals surface area contributed by atoms with Crippen LogP contribution in [0.15, 0.2) is 30.3 Å². The van der Waals surface area contributed by atoms with Gasteiger partial charge in [-0.1, -0.05) is 44.2 Å². The van der Waals surface area contributed by atoms with Crippen LogP contribution in [0.2, 0.25) is 0 Å². The van der Waals surface area contributed by atoms with Crippen molar-refractivity contribution in [1.29, 1.82) is 0 Å². The van der Waals surface area contributed by atoms with Crippen molar-refractivity contribution in [3.8, 4) is 0 Å². The number of hydrogen-bond acceptors (Lipinski definition) is 2. The third-order valence-corrected chi connectivity index (χ3v) is 3.13. The zero-order valence-electron chi connectivity index (χ0n) is 11.9. The highest BCUT2D eigenvalue weighted by Gasteiger charge is 2.16. The summed E-state index contributed by atoms with van der Waals surface area (Å²) in [5, 5.41) is 4.73. The minimum atomic E-state index is -0.727. The lowest BCUT2D eigenvalue weighted by atomic mass is 10.1. The van der Waals surface area contributed by atoms with Gasteiger partial charge in [0.1, 0.15) is 5.38 Å². The maximum Gasteiger partial charge on any atom is 0.242 e. The monoisotopic (exact) mass is 296 g/mol. The minimum Gasteiger partial charge on any atom is -0.356 e. The molecule has 0 radical (unpaired) electrons. The number of amides is 2. The van der Waals surface area contributed by atoms with Gasteiger partial charge in [0, 0.05) is 19.5 Å². The fraction of sp³-hybridized carbons (Fsp3) is 0.467. The maximum absolute atomic E-state index is 11.8. The first-order valence-corrected chi connectivity index (χ1v) is 7.17. The molecular weight excluding hydrogens is 276 g/mol. The number of nitrogens with one attached hydrogen (secondary N) is 2. The van der Waals surface area contributed by atoms with Crippen LogP contribution in [-0.2, 0) is 9.59 Å². The number of hydrogen-bond donors (Lipinski definition) is 2. The molecule has 110 valence electrons. The molecule has 0 bridgehead atoms. The van der Waals surface area contributed by atoms with Gasteiger partial charge in [0.15, 0.2) is 0 Å². The van der Waals surface area contributed by atoms with Gasteiger partial charge in [0.25, 0.3) is 0 Å². The van der Waals surface area contributed by atoms with Crippen molar-refractivity contribution in [2.75, 3.05) is 13.1 Å². The lowest BCUT2D eigenvalue weighted by Crippen LogP contribution is -2.33. The van der Waals surface area contributed by atoms with Crippen molar-refractivity contribution >= 4 is 23.4 Å². The predicted molar refractivity (Wildman–Crippen MR) is 80.5 cm³/mol. The summed E-state index contributed by atoms with van der Waals surface area (Å²) in [4.78, 5) is 23.3. The molecule has 2 amide bonds.